The number of carboxylic acids is 1. The first-order chi connectivity index (χ1) is 12.0. The lowest BCUT2D eigenvalue weighted by atomic mass is 10.1. The first kappa shape index (κ1) is 21.1. The van der Waals surface area contributed by atoms with Crippen LogP contribution in [-0.4, -0.2) is 33.9 Å². The molecule has 0 radical (unpaired) electrons. The van der Waals surface area contributed by atoms with Gasteiger partial charge >= 0.3 is 5.97 Å². The molecule has 0 heterocycles. The molecule has 0 spiro atoms. The Morgan fingerprint density at radius 1 is 1.12 bits per heavy atom. The molecule has 0 bridgehead atoms. The summed E-state index contributed by atoms with van der Waals surface area (Å²) in [6, 6.07) is 16.2. The van der Waals surface area contributed by atoms with E-state index in [-0.39, 0.29) is 12.6 Å². The maximum Gasteiger partial charge on any atom is 0.337 e. The van der Waals surface area contributed by atoms with E-state index in [1.165, 1.54) is 5.56 Å². The minimum atomic E-state index is -1.41. The standard InChI is InChI=1S/C11H16ClNO.C8H8O3/c1-2-11(8-14)13-7-9-3-5-10(12)6-4-9;9-7(8(10)11)6-4-2-1-3-5-6/h3-6,11,13-14H,2,7-8H2,1H3;1-5,7,9H,(H,10,11)/t11-;7-/m11/s1. The quantitative estimate of drug-likeness (QED) is 0.605. The number of hydrogen-bond acceptors (Lipinski definition) is 4. The van der Waals surface area contributed by atoms with Gasteiger partial charge in [-0.25, -0.2) is 4.79 Å². The summed E-state index contributed by atoms with van der Waals surface area (Å²) < 4.78 is 0. The molecule has 136 valence electrons. The number of halogens is 1. The van der Waals surface area contributed by atoms with Crippen molar-refractivity contribution in [2.75, 3.05) is 6.61 Å². The summed E-state index contributed by atoms with van der Waals surface area (Å²) in [4.78, 5) is 10.2. The fraction of sp³-hybridized carbons (Fsp3) is 0.316. The predicted octanol–water partition coefficient (Wildman–Crippen LogP) is 3.01. The van der Waals surface area contributed by atoms with Gasteiger partial charge in [0.1, 0.15) is 0 Å². The molecule has 2 aromatic rings. The van der Waals surface area contributed by atoms with Crippen molar-refractivity contribution < 1.29 is 20.1 Å². The number of nitrogens with one attached hydrogen (secondary N) is 1. The fourth-order valence-electron chi connectivity index (χ4n) is 1.98. The molecule has 0 saturated heterocycles. The zero-order chi connectivity index (χ0) is 18.7. The van der Waals surface area contributed by atoms with E-state index in [4.69, 9.17) is 26.9 Å². The van der Waals surface area contributed by atoms with Gasteiger partial charge in [0.05, 0.1) is 6.61 Å². The van der Waals surface area contributed by atoms with Crippen LogP contribution in [0.3, 0.4) is 0 Å². The largest absolute Gasteiger partial charge is 0.479 e. The van der Waals surface area contributed by atoms with Crippen LogP contribution in [0, 0.1) is 0 Å². The van der Waals surface area contributed by atoms with Gasteiger partial charge in [-0.1, -0.05) is 61.0 Å². The summed E-state index contributed by atoms with van der Waals surface area (Å²) in [6.07, 6.45) is -0.472. The molecule has 4 N–H and O–H groups in total. The Kier molecular flexibility index (Phi) is 9.80. The van der Waals surface area contributed by atoms with Crippen molar-refractivity contribution in [2.24, 2.45) is 0 Å². The number of carboxylic acid groups (broad SMARTS) is 1. The van der Waals surface area contributed by atoms with Gasteiger partial charge < -0.3 is 20.6 Å². The van der Waals surface area contributed by atoms with Gasteiger partial charge in [-0.2, -0.15) is 0 Å². The average Bonchev–Trinajstić information content (AvgIpc) is 2.64. The zero-order valence-electron chi connectivity index (χ0n) is 14.1. The molecule has 0 fully saturated rings. The summed E-state index contributed by atoms with van der Waals surface area (Å²) >= 11 is 5.77. The van der Waals surface area contributed by atoms with Gasteiger partial charge in [0.15, 0.2) is 6.10 Å². The summed E-state index contributed by atoms with van der Waals surface area (Å²) in [6.45, 7) is 3.01. The molecule has 0 aliphatic rings. The average molecular weight is 366 g/mol. The Morgan fingerprint density at radius 2 is 1.72 bits per heavy atom. The molecule has 0 aliphatic carbocycles. The van der Waals surface area contributed by atoms with Gasteiger partial charge in [-0.3, -0.25) is 0 Å². The van der Waals surface area contributed by atoms with Crippen LogP contribution in [0.5, 0.6) is 0 Å². The maximum absolute atomic E-state index is 10.2. The van der Waals surface area contributed by atoms with Crippen LogP contribution in [0.2, 0.25) is 5.02 Å². The number of aliphatic hydroxyl groups is 2. The lowest BCUT2D eigenvalue weighted by Gasteiger charge is -2.13. The van der Waals surface area contributed by atoms with Crippen LogP contribution >= 0.6 is 11.6 Å². The van der Waals surface area contributed by atoms with E-state index in [1.54, 1.807) is 30.3 Å². The van der Waals surface area contributed by atoms with E-state index in [0.29, 0.717) is 5.56 Å². The number of aliphatic hydroxyl groups excluding tert-OH is 2. The van der Waals surface area contributed by atoms with Crippen LogP contribution in [0.25, 0.3) is 0 Å². The highest BCUT2D eigenvalue weighted by atomic mass is 35.5. The maximum atomic E-state index is 10.2. The van der Waals surface area contributed by atoms with E-state index in [0.717, 1.165) is 18.0 Å². The normalized spacial score (nSPS) is 12.6. The van der Waals surface area contributed by atoms with Crippen molar-refractivity contribution in [1.82, 2.24) is 5.32 Å². The summed E-state index contributed by atoms with van der Waals surface area (Å²) in [5.74, 6) is -1.23. The first-order valence-corrected chi connectivity index (χ1v) is 8.40. The topological polar surface area (TPSA) is 89.8 Å². The van der Waals surface area contributed by atoms with Crippen LogP contribution < -0.4 is 5.32 Å². The zero-order valence-corrected chi connectivity index (χ0v) is 14.9. The number of aliphatic carboxylic acids is 1. The van der Waals surface area contributed by atoms with E-state index in [2.05, 4.69) is 12.2 Å². The number of rotatable bonds is 7. The van der Waals surface area contributed by atoms with Crippen LogP contribution in [0.4, 0.5) is 0 Å². The summed E-state index contributed by atoms with van der Waals surface area (Å²) in [7, 11) is 0. The van der Waals surface area contributed by atoms with Crippen LogP contribution in [0.15, 0.2) is 54.6 Å². The molecular formula is C19H24ClNO4. The van der Waals surface area contributed by atoms with E-state index < -0.39 is 12.1 Å². The van der Waals surface area contributed by atoms with Crippen molar-refractivity contribution in [3.05, 3.63) is 70.7 Å². The van der Waals surface area contributed by atoms with Crippen LogP contribution in [0.1, 0.15) is 30.6 Å². The highest BCUT2D eigenvalue weighted by molar-refractivity contribution is 6.30. The van der Waals surface area contributed by atoms with Crippen molar-refractivity contribution in [1.29, 1.82) is 0 Å². The fourth-order valence-corrected chi connectivity index (χ4v) is 2.11. The Bertz CT molecular complexity index is 615. The van der Waals surface area contributed by atoms with Gasteiger partial charge in [0, 0.05) is 17.6 Å². The highest BCUT2D eigenvalue weighted by Gasteiger charge is 2.14. The number of hydrogen-bond donors (Lipinski definition) is 4. The second kappa shape index (κ2) is 11.6. The Morgan fingerprint density at radius 3 is 2.20 bits per heavy atom. The third-order valence-electron chi connectivity index (χ3n) is 3.57. The summed E-state index contributed by atoms with van der Waals surface area (Å²) in [5.41, 5.74) is 1.58. The molecule has 2 rings (SSSR count). The number of carbonyl (C=O) groups is 1. The molecule has 0 aliphatic heterocycles. The van der Waals surface area contributed by atoms with Gasteiger partial charge in [-0.15, -0.1) is 0 Å². The molecule has 5 nitrogen and oxygen atoms in total. The lowest BCUT2D eigenvalue weighted by Crippen LogP contribution is -2.31. The Balaban J connectivity index is 0.000000257. The van der Waals surface area contributed by atoms with E-state index in [9.17, 15) is 4.79 Å². The predicted molar refractivity (Wildman–Crippen MR) is 98.5 cm³/mol. The SMILES string of the molecule is CC[C@H](CO)NCc1ccc(Cl)cc1.O=C(O)[C@H](O)c1ccccc1. The van der Waals surface area contributed by atoms with E-state index in [1.807, 2.05) is 24.3 Å². The van der Waals surface area contributed by atoms with Crippen molar-refractivity contribution in [2.45, 2.75) is 32.0 Å². The molecule has 0 saturated carbocycles. The van der Waals surface area contributed by atoms with Gasteiger partial charge in [0.25, 0.3) is 0 Å². The monoisotopic (exact) mass is 365 g/mol. The van der Waals surface area contributed by atoms with Crippen molar-refractivity contribution in [3.63, 3.8) is 0 Å². The molecule has 25 heavy (non-hydrogen) atoms. The van der Waals surface area contributed by atoms with Crippen molar-refractivity contribution >= 4 is 17.6 Å². The third kappa shape index (κ3) is 8.14. The second-order valence-corrected chi connectivity index (χ2v) is 5.88. The van der Waals surface area contributed by atoms with Crippen molar-refractivity contribution in [3.8, 4) is 0 Å². The molecule has 6 heteroatoms. The second-order valence-electron chi connectivity index (χ2n) is 5.45. The minimum absolute atomic E-state index is 0.185. The molecule has 0 amide bonds. The first-order valence-electron chi connectivity index (χ1n) is 8.02. The Hall–Kier alpha value is -1.92. The Labute approximate surface area is 152 Å². The van der Waals surface area contributed by atoms with E-state index >= 15 is 0 Å². The molecule has 2 atom stereocenters. The summed E-state index contributed by atoms with van der Waals surface area (Å²) in [5, 5.41) is 30.4. The number of benzene rings is 2. The third-order valence-corrected chi connectivity index (χ3v) is 3.82. The van der Waals surface area contributed by atoms with Gasteiger partial charge in [-0.05, 0) is 29.7 Å². The molecule has 0 unspecified atom stereocenters. The smallest absolute Gasteiger partial charge is 0.337 e. The molecule has 2 aromatic carbocycles. The van der Waals surface area contributed by atoms with Gasteiger partial charge in [0.2, 0.25) is 0 Å². The van der Waals surface area contributed by atoms with Crippen LogP contribution in [-0.2, 0) is 11.3 Å². The molecule has 0 aromatic heterocycles. The minimum Gasteiger partial charge on any atom is -0.479 e. The highest BCUT2D eigenvalue weighted by Crippen LogP contribution is 2.11. The lowest BCUT2D eigenvalue weighted by molar-refractivity contribution is -0.146. The molecular weight excluding hydrogens is 342 g/mol.